The van der Waals surface area contributed by atoms with Crippen molar-refractivity contribution in [3.05, 3.63) is 29.3 Å². The van der Waals surface area contributed by atoms with Crippen molar-refractivity contribution in [2.45, 2.75) is 20.8 Å². The van der Waals surface area contributed by atoms with Crippen LogP contribution in [0.4, 0.5) is 0 Å². The van der Waals surface area contributed by atoms with E-state index in [1.807, 2.05) is 19.1 Å². The summed E-state index contributed by atoms with van der Waals surface area (Å²) in [5, 5.41) is 0.889. The van der Waals surface area contributed by atoms with Crippen LogP contribution < -0.4 is 9.47 Å². The molecule has 0 unspecified atom stereocenters. The van der Waals surface area contributed by atoms with Crippen LogP contribution in [0.25, 0.3) is 6.08 Å². The highest BCUT2D eigenvalue weighted by molar-refractivity contribution is 9.09. The van der Waals surface area contributed by atoms with Gasteiger partial charge in [0.15, 0.2) is 11.5 Å². The van der Waals surface area contributed by atoms with E-state index in [0.29, 0.717) is 12.5 Å². The van der Waals surface area contributed by atoms with Gasteiger partial charge in [-0.1, -0.05) is 47.5 Å². The van der Waals surface area contributed by atoms with Crippen LogP contribution in [0, 0.1) is 5.92 Å². The average Bonchev–Trinajstić information content (AvgIpc) is 2.37. The van der Waals surface area contributed by atoms with E-state index in [2.05, 4.69) is 41.9 Å². The Morgan fingerprint density at radius 3 is 2.56 bits per heavy atom. The molecule has 1 rings (SSSR count). The number of ether oxygens (including phenoxy) is 2. The van der Waals surface area contributed by atoms with Crippen molar-refractivity contribution in [2.75, 3.05) is 19.0 Å². The maximum absolute atomic E-state index is 5.51. The summed E-state index contributed by atoms with van der Waals surface area (Å²) in [4.78, 5) is 0. The largest absolute Gasteiger partial charge is 0.493 e. The van der Waals surface area contributed by atoms with Crippen molar-refractivity contribution in [1.29, 1.82) is 0 Å². The summed E-state index contributed by atoms with van der Waals surface area (Å²) < 4.78 is 10.9. The zero-order valence-corrected chi connectivity index (χ0v) is 13.1. The molecule has 0 heterocycles. The average molecular weight is 313 g/mol. The van der Waals surface area contributed by atoms with Crippen LogP contribution in [0.15, 0.2) is 23.8 Å². The van der Waals surface area contributed by atoms with E-state index in [4.69, 9.17) is 9.47 Å². The highest BCUT2D eigenvalue weighted by Crippen LogP contribution is 2.29. The number of rotatable bonds is 6. The second-order valence-corrected chi connectivity index (χ2v) is 4.91. The Labute approximate surface area is 118 Å². The molecule has 0 aliphatic carbocycles. The summed E-state index contributed by atoms with van der Waals surface area (Å²) in [5.74, 6) is 2.10. The third-order valence-electron chi connectivity index (χ3n) is 2.74. The number of hydrogen-bond donors (Lipinski definition) is 0. The maximum Gasteiger partial charge on any atom is 0.161 e. The van der Waals surface area contributed by atoms with E-state index in [1.165, 1.54) is 5.57 Å². The van der Waals surface area contributed by atoms with Gasteiger partial charge in [0.1, 0.15) is 0 Å². The second-order valence-electron chi connectivity index (χ2n) is 4.35. The second kappa shape index (κ2) is 7.47. The first-order valence-electron chi connectivity index (χ1n) is 6.19. The van der Waals surface area contributed by atoms with E-state index >= 15 is 0 Å². The molecule has 100 valence electrons. The Morgan fingerprint density at radius 1 is 1.33 bits per heavy atom. The minimum atomic E-state index is 0.530. The SMILES string of the molecule is CCOc1ccc(C=C(CBr)C(C)C)cc1OC. The molecule has 0 aliphatic rings. The molecule has 0 N–H and O–H groups in total. The maximum atomic E-state index is 5.51. The fourth-order valence-electron chi connectivity index (χ4n) is 1.62. The molecule has 0 radical (unpaired) electrons. The van der Waals surface area contributed by atoms with Crippen molar-refractivity contribution >= 4 is 22.0 Å². The van der Waals surface area contributed by atoms with Gasteiger partial charge in [0.25, 0.3) is 0 Å². The van der Waals surface area contributed by atoms with Crippen molar-refractivity contribution in [1.82, 2.24) is 0 Å². The molecule has 0 amide bonds. The highest BCUT2D eigenvalue weighted by atomic mass is 79.9. The van der Waals surface area contributed by atoms with Crippen LogP contribution in [0.2, 0.25) is 0 Å². The number of alkyl halides is 1. The van der Waals surface area contributed by atoms with Gasteiger partial charge in [-0.2, -0.15) is 0 Å². The van der Waals surface area contributed by atoms with E-state index in [-0.39, 0.29) is 0 Å². The Hall–Kier alpha value is -0.960. The third kappa shape index (κ3) is 4.05. The van der Waals surface area contributed by atoms with Crippen LogP contribution in [0.3, 0.4) is 0 Å². The number of allylic oxidation sites excluding steroid dienone is 1. The van der Waals surface area contributed by atoms with Gasteiger partial charge >= 0.3 is 0 Å². The van der Waals surface area contributed by atoms with E-state index in [0.717, 1.165) is 22.4 Å². The fourth-order valence-corrected chi connectivity index (χ4v) is 2.43. The molecule has 2 nitrogen and oxygen atoms in total. The number of hydrogen-bond acceptors (Lipinski definition) is 2. The molecule has 1 aromatic carbocycles. The van der Waals surface area contributed by atoms with Gasteiger partial charge in [-0.15, -0.1) is 0 Å². The first-order chi connectivity index (χ1) is 8.62. The number of halogens is 1. The Kier molecular flexibility index (Phi) is 6.27. The predicted molar refractivity (Wildman–Crippen MR) is 80.8 cm³/mol. The first-order valence-corrected chi connectivity index (χ1v) is 7.31. The lowest BCUT2D eigenvalue weighted by Gasteiger charge is -2.11. The molecule has 1 aromatic rings. The van der Waals surface area contributed by atoms with Crippen molar-refractivity contribution < 1.29 is 9.47 Å². The molecule has 0 saturated carbocycles. The van der Waals surface area contributed by atoms with Crippen LogP contribution in [0.5, 0.6) is 11.5 Å². The zero-order valence-electron chi connectivity index (χ0n) is 11.5. The van der Waals surface area contributed by atoms with Crippen molar-refractivity contribution in [3.8, 4) is 11.5 Å². The van der Waals surface area contributed by atoms with E-state index in [1.54, 1.807) is 7.11 Å². The topological polar surface area (TPSA) is 18.5 Å². The van der Waals surface area contributed by atoms with Gasteiger partial charge in [-0.05, 0) is 30.5 Å². The third-order valence-corrected chi connectivity index (χ3v) is 3.38. The molecule has 0 bridgehead atoms. The van der Waals surface area contributed by atoms with Gasteiger partial charge in [-0.25, -0.2) is 0 Å². The van der Waals surface area contributed by atoms with E-state index in [9.17, 15) is 0 Å². The van der Waals surface area contributed by atoms with Crippen LogP contribution in [-0.4, -0.2) is 19.0 Å². The lowest BCUT2D eigenvalue weighted by molar-refractivity contribution is 0.311. The summed E-state index contributed by atoms with van der Waals surface area (Å²) in [6.45, 7) is 7.00. The Balaban J connectivity index is 3.05. The van der Waals surface area contributed by atoms with Gasteiger partial charge in [-0.3, -0.25) is 0 Å². The minimum absolute atomic E-state index is 0.530. The molecule has 0 atom stereocenters. The van der Waals surface area contributed by atoms with Gasteiger partial charge < -0.3 is 9.47 Å². The van der Waals surface area contributed by atoms with Crippen molar-refractivity contribution in [2.24, 2.45) is 5.92 Å². The van der Waals surface area contributed by atoms with Gasteiger partial charge in [0.05, 0.1) is 13.7 Å². The van der Waals surface area contributed by atoms with Crippen LogP contribution >= 0.6 is 15.9 Å². The smallest absolute Gasteiger partial charge is 0.161 e. The molecular formula is C15H21BrO2. The monoisotopic (exact) mass is 312 g/mol. The molecule has 0 saturated heterocycles. The van der Waals surface area contributed by atoms with Crippen LogP contribution in [-0.2, 0) is 0 Å². The van der Waals surface area contributed by atoms with Crippen molar-refractivity contribution in [3.63, 3.8) is 0 Å². The standard InChI is InChI=1S/C15H21BrO2/c1-5-18-14-7-6-12(9-15(14)17-4)8-13(10-16)11(2)3/h6-9,11H,5,10H2,1-4H3. The first kappa shape index (κ1) is 15.1. The Bertz CT molecular complexity index is 411. The normalized spacial score (nSPS) is 11.8. The molecule has 3 heteroatoms. The van der Waals surface area contributed by atoms with E-state index < -0.39 is 0 Å². The highest BCUT2D eigenvalue weighted by Gasteiger charge is 2.06. The van der Waals surface area contributed by atoms with Crippen LogP contribution in [0.1, 0.15) is 26.3 Å². The Morgan fingerprint density at radius 2 is 2.06 bits per heavy atom. The number of methoxy groups -OCH3 is 1. The zero-order chi connectivity index (χ0) is 13.5. The fraction of sp³-hybridized carbons (Fsp3) is 0.467. The predicted octanol–water partition coefficient (Wildman–Crippen LogP) is 4.53. The molecular weight excluding hydrogens is 292 g/mol. The molecule has 18 heavy (non-hydrogen) atoms. The summed E-state index contributed by atoms with van der Waals surface area (Å²) in [5.41, 5.74) is 2.50. The minimum Gasteiger partial charge on any atom is -0.493 e. The summed E-state index contributed by atoms with van der Waals surface area (Å²) in [6.07, 6.45) is 2.19. The summed E-state index contributed by atoms with van der Waals surface area (Å²) in [7, 11) is 1.67. The van der Waals surface area contributed by atoms with Gasteiger partial charge in [0, 0.05) is 5.33 Å². The quantitative estimate of drug-likeness (QED) is 0.719. The van der Waals surface area contributed by atoms with Gasteiger partial charge in [0.2, 0.25) is 0 Å². The molecule has 0 spiro atoms. The molecule has 0 fully saturated rings. The lowest BCUT2D eigenvalue weighted by Crippen LogP contribution is -1.97. The number of benzene rings is 1. The summed E-state index contributed by atoms with van der Waals surface area (Å²) in [6, 6.07) is 6.02. The lowest BCUT2D eigenvalue weighted by atomic mass is 10.0. The summed E-state index contributed by atoms with van der Waals surface area (Å²) >= 11 is 3.52. The molecule has 0 aromatic heterocycles. The molecule has 0 aliphatic heterocycles.